The number of thiocarbonyl (C=S) groups is 1. The van der Waals surface area contributed by atoms with Crippen LogP contribution in [0.3, 0.4) is 0 Å². The fourth-order valence-electron chi connectivity index (χ4n) is 2.81. The van der Waals surface area contributed by atoms with E-state index in [0.29, 0.717) is 44.6 Å². The number of halogens is 1. The average Bonchev–Trinajstić information content (AvgIpc) is 2.64. The molecular weight excluding hydrogens is 379 g/mol. The molecule has 1 heterocycles. The molecule has 6 N–H and O–H groups in total. The molecule has 1 saturated heterocycles. The molecular formula is C19H27FN6OS. The average molecular weight is 407 g/mol. The summed E-state index contributed by atoms with van der Waals surface area (Å²) in [5, 5.41) is 5.73. The molecule has 0 saturated carbocycles. The van der Waals surface area contributed by atoms with Gasteiger partial charge in [-0.2, -0.15) is 0 Å². The Morgan fingerprint density at radius 2 is 2.11 bits per heavy atom. The third-order valence-electron chi connectivity index (χ3n) is 4.25. The Bertz CT molecular complexity index is 766. The van der Waals surface area contributed by atoms with Gasteiger partial charge in [-0.1, -0.05) is 11.6 Å². The van der Waals surface area contributed by atoms with Crippen LogP contribution in [0.2, 0.25) is 0 Å². The van der Waals surface area contributed by atoms with E-state index in [1.54, 1.807) is 17.9 Å². The van der Waals surface area contributed by atoms with Crippen molar-refractivity contribution in [3.8, 4) is 0 Å². The van der Waals surface area contributed by atoms with Crippen LogP contribution in [0.4, 0.5) is 14.9 Å². The minimum Gasteiger partial charge on any atom is -0.387 e. The van der Waals surface area contributed by atoms with Crippen molar-refractivity contribution in [3.05, 3.63) is 35.2 Å². The highest BCUT2D eigenvalue weighted by molar-refractivity contribution is 7.80. The molecule has 152 valence electrons. The number of amides is 2. The summed E-state index contributed by atoms with van der Waals surface area (Å²) < 4.78 is 14.3. The van der Waals surface area contributed by atoms with Crippen LogP contribution in [0.15, 0.2) is 28.8 Å². The summed E-state index contributed by atoms with van der Waals surface area (Å²) in [5.74, 6) is 0.0163. The lowest BCUT2D eigenvalue weighted by atomic mass is 10.0. The van der Waals surface area contributed by atoms with Gasteiger partial charge in [0.1, 0.15) is 5.82 Å². The second-order valence-corrected chi connectivity index (χ2v) is 6.97. The van der Waals surface area contributed by atoms with E-state index in [2.05, 4.69) is 15.6 Å². The van der Waals surface area contributed by atoms with Crippen molar-refractivity contribution in [1.82, 2.24) is 10.2 Å². The number of carbonyl (C=O) groups is 1. The first-order valence-electron chi connectivity index (χ1n) is 9.22. The van der Waals surface area contributed by atoms with Gasteiger partial charge in [-0.25, -0.2) is 14.2 Å². The Morgan fingerprint density at radius 3 is 2.71 bits per heavy atom. The van der Waals surface area contributed by atoms with Crippen LogP contribution in [0.1, 0.15) is 31.7 Å². The van der Waals surface area contributed by atoms with Gasteiger partial charge in [-0.15, -0.1) is 0 Å². The van der Waals surface area contributed by atoms with Gasteiger partial charge in [0.15, 0.2) is 0 Å². The maximum absolute atomic E-state index is 14.3. The van der Waals surface area contributed by atoms with E-state index in [4.69, 9.17) is 23.7 Å². The molecule has 0 aromatic heterocycles. The molecule has 0 aliphatic carbocycles. The zero-order valence-corrected chi connectivity index (χ0v) is 16.8. The van der Waals surface area contributed by atoms with Crippen molar-refractivity contribution in [3.63, 3.8) is 0 Å². The predicted molar refractivity (Wildman–Crippen MR) is 116 cm³/mol. The van der Waals surface area contributed by atoms with Gasteiger partial charge in [-0.3, -0.25) is 5.32 Å². The topological polar surface area (TPSA) is 109 Å². The number of amidine groups is 1. The molecule has 28 heavy (non-hydrogen) atoms. The van der Waals surface area contributed by atoms with Crippen LogP contribution in [0, 0.1) is 5.82 Å². The first-order valence-corrected chi connectivity index (χ1v) is 9.63. The van der Waals surface area contributed by atoms with Crippen LogP contribution in [0.25, 0.3) is 6.08 Å². The molecule has 1 aromatic rings. The highest BCUT2D eigenvalue weighted by atomic mass is 32.1. The number of nitrogens with one attached hydrogen (secondary N) is 2. The number of nitrogens with two attached hydrogens (primary N) is 2. The number of piperidine rings is 1. The lowest BCUT2D eigenvalue weighted by molar-refractivity contribution is 0.199. The van der Waals surface area contributed by atoms with E-state index >= 15 is 0 Å². The van der Waals surface area contributed by atoms with Gasteiger partial charge >= 0.3 is 6.03 Å². The van der Waals surface area contributed by atoms with E-state index in [1.807, 2.05) is 12.1 Å². The highest BCUT2D eigenvalue weighted by Crippen LogP contribution is 2.22. The standard InChI is InChI=1S/C19H27FN6OS/c1-13(22)24-18(28)25-19(27)26-9-5-14(6-10-26)11-15-3-4-16(12-17(15)20)23-8-2-7-21/h3-4,11-12,23H,2,5-10,21H2,1H3,(H3,22,24,25,27,28). The molecule has 1 fully saturated rings. The van der Waals surface area contributed by atoms with E-state index in [0.717, 1.165) is 17.7 Å². The number of benzene rings is 1. The minimum atomic E-state index is -0.298. The SMILES string of the molecule is C/C(N)=N/C(=S)NC(=O)N1CCC(=Cc2ccc(NCCCN)cc2F)CC1. The zero-order chi connectivity index (χ0) is 20.5. The van der Waals surface area contributed by atoms with Crippen molar-refractivity contribution in [2.24, 2.45) is 16.5 Å². The maximum atomic E-state index is 14.3. The van der Waals surface area contributed by atoms with E-state index in [-0.39, 0.29) is 22.8 Å². The predicted octanol–water partition coefficient (Wildman–Crippen LogP) is 2.44. The Hall–Kier alpha value is -2.52. The lowest BCUT2D eigenvalue weighted by Crippen LogP contribution is -2.44. The van der Waals surface area contributed by atoms with Crippen molar-refractivity contribution in [2.45, 2.75) is 26.2 Å². The molecule has 2 amide bonds. The number of anilines is 1. The molecule has 2 rings (SSSR count). The van der Waals surface area contributed by atoms with Crippen molar-refractivity contribution >= 4 is 41.0 Å². The third-order valence-corrected chi connectivity index (χ3v) is 4.45. The second-order valence-electron chi connectivity index (χ2n) is 6.58. The number of likely N-dealkylation sites (tertiary alicyclic amines) is 1. The van der Waals surface area contributed by atoms with Crippen LogP contribution >= 0.6 is 12.2 Å². The number of aliphatic imine (C=N–C) groups is 1. The molecule has 9 heteroatoms. The summed E-state index contributed by atoms with van der Waals surface area (Å²) in [6.45, 7) is 3.98. The quantitative estimate of drug-likeness (QED) is 0.260. The monoisotopic (exact) mass is 406 g/mol. The van der Waals surface area contributed by atoms with E-state index in [9.17, 15) is 9.18 Å². The van der Waals surface area contributed by atoms with Crippen molar-refractivity contribution in [2.75, 3.05) is 31.5 Å². The maximum Gasteiger partial charge on any atom is 0.323 e. The summed E-state index contributed by atoms with van der Waals surface area (Å²) in [5.41, 5.74) is 13.3. The molecule has 0 radical (unpaired) electrons. The van der Waals surface area contributed by atoms with E-state index < -0.39 is 0 Å². The minimum absolute atomic E-state index is 0.0496. The summed E-state index contributed by atoms with van der Waals surface area (Å²) in [6.07, 6.45) is 4.05. The zero-order valence-electron chi connectivity index (χ0n) is 16.0. The molecule has 1 aliphatic heterocycles. The fourth-order valence-corrected chi connectivity index (χ4v) is 3.04. The van der Waals surface area contributed by atoms with Crippen LogP contribution in [0.5, 0.6) is 0 Å². The molecule has 0 spiro atoms. The Labute approximate surface area is 170 Å². The Kier molecular flexibility index (Phi) is 8.34. The van der Waals surface area contributed by atoms with E-state index in [1.165, 1.54) is 6.07 Å². The van der Waals surface area contributed by atoms with Gasteiger partial charge in [0.25, 0.3) is 0 Å². The van der Waals surface area contributed by atoms with Crippen LogP contribution in [-0.4, -0.2) is 48.1 Å². The fraction of sp³-hybridized carbons (Fsp3) is 0.421. The molecule has 1 aromatic carbocycles. The number of hydrogen-bond donors (Lipinski definition) is 4. The van der Waals surface area contributed by atoms with Crippen LogP contribution < -0.4 is 22.1 Å². The summed E-state index contributed by atoms with van der Waals surface area (Å²) in [7, 11) is 0. The normalized spacial score (nSPS) is 14.6. The van der Waals surface area contributed by atoms with Gasteiger partial charge < -0.3 is 21.7 Å². The highest BCUT2D eigenvalue weighted by Gasteiger charge is 2.20. The Balaban J connectivity index is 1.90. The molecule has 7 nitrogen and oxygen atoms in total. The second kappa shape index (κ2) is 10.7. The van der Waals surface area contributed by atoms with Crippen LogP contribution in [-0.2, 0) is 0 Å². The van der Waals surface area contributed by atoms with Gasteiger partial charge in [0, 0.05) is 30.9 Å². The molecule has 0 bridgehead atoms. The molecule has 1 aliphatic rings. The summed E-state index contributed by atoms with van der Waals surface area (Å²) in [4.78, 5) is 17.7. The van der Waals surface area contributed by atoms with Gasteiger partial charge in [0.05, 0.1) is 5.84 Å². The lowest BCUT2D eigenvalue weighted by Gasteiger charge is -2.28. The summed E-state index contributed by atoms with van der Waals surface area (Å²) in [6, 6.07) is 4.81. The van der Waals surface area contributed by atoms with Crippen molar-refractivity contribution < 1.29 is 9.18 Å². The Morgan fingerprint density at radius 1 is 1.39 bits per heavy atom. The first-order chi connectivity index (χ1) is 13.4. The largest absolute Gasteiger partial charge is 0.387 e. The van der Waals surface area contributed by atoms with Crippen molar-refractivity contribution in [1.29, 1.82) is 0 Å². The summed E-state index contributed by atoms with van der Waals surface area (Å²) >= 11 is 4.95. The van der Waals surface area contributed by atoms with Gasteiger partial charge in [-0.05, 0) is 63.1 Å². The number of rotatable bonds is 5. The first kappa shape index (κ1) is 21.8. The molecule has 0 unspecified atom stereocenters. The third kappa shape index (κ3) is 6.90. The van der Waals surface area contributed by atoms with Gasteiger partial charge in [0.2, 0.25) is 5.11 Å². The smallest absolute Gasteiger partial charge is 0.323 e. The number of carbonyl (C=O) groups excluding carboxylic acids is 1. The molecule has 0 atom stereocenters. The number of nitrogens with zero attached hydrogens (tertiary/aromatic N) is 2. The number of hydrogen-bond acceptors (Lipinski definition) is 4. The number of urea groups is 1.